The molecule has 0 atom stereocenters. The van der Waals surface area contributed by atoms with Crippen molar-refractivity contribution in [1.29, 1.82) is 0 Å². The van der Waals surface area contributed by atoms with Crippen molar-refractivity contribution < 1.29 is 9.59 Å². The highest BCUT2D eigenvalue weighted by molar-refractivity contribution is 8.02. The summed E-state index contributed by atoms with van der Waals surface area (Å²) in [5.74, 6) is 0.774. The molecule has 0 radical (unpaired) electrons. The summed E-state index contributed by atoms with van der Waals surface area (Å²) < 4.78 is 0. The Morgan fingerprint density at radius 3 is 2.37 bits per heavy atom. The standard InChI is InChI=1S/C21H21ClN2O2S/c22-17-6-8-18(9-7-17)24-20(26)15-27-21(24)10-12-23(13-11-21)19(25)14-16-4-2-1-3-5-16/h1-9H,10-15H2. The first-order valence-electron chi connectivity index (χ1n) is 9.12. The lowest BCUT2D eigenvalue weighted by atomic mass is 10.00. The van der Waals surface area contributed by atoms with Crippen LogP contribution in [0.1, 0.15) is 18.4 Å². The minimum atomic E-state index is -0.256. The van der Waals surface area contributed by atoms with Crippen LogP contribution in [0.4, 0.5) is 5.69 Å². The van der Waals surface area contributed by atoms with Crippen molar-refractivity contribution in [3.8, 4) is 0 Å². The van der Waals surface area contributed by atoms with Gasteiger partial charge >= 0.3 is 0 Å². The maximum Gasteiger partial charge on any atom is 0.238 e. The van der Waals surface area contributed by atoms with Gasteiger partial charge in [0.1, 0.15) is 0 Å². The molecule has 2 aromatic carbocycles. The van der Waals surface area contributed by atoms with Gasteiger partial charge in [-0.15, -0.1) is 11.8 Å². The Morgan fingerprint density at radius 1 is 1.04 bits per heavy atom. The number of hydrogen-bond acceptors (Lipinski definition) is 3. The first-order chi connectivity index (χ1) is 13.1. The van der Waals surface area contributed by atoms with Crippen LogP contribution in [-0.2, 0) is 16.0 Å². The number of hydrogen-bond donors (Lipinski definition) is 0. The molecule has 140 valence electrons. The van der Waals surface area contributed by atoms with Crippen molar-refractivity contribution in [2.75, 3.05) is 23.7 Å². The average molecular weight is 401 g/mol. The summed E-state index contributed by atoms with van der Waals surface area (Å²) in [7, 11) is 0. The summed E-state index contributed by atoms with van der Waals surface area (Å²) in [6.45, 7) is 1.35. The number of benzene rings is 2. The molecule has 27 heavy (non-hydrogen) atoms. The van der Waals surface area contributed by atoms with Gasteiger partial charge in [-0.1, -0.05) is 41.9 Å². The molecule has 0 unspecified atom stereocenters. The van der Waals surface area contributed by atoms with Gasteiger partial charge in [0.15, 0.2) is 0 Å². The summed E-state index contributed by atoms with van der Waals surface area (Å²) >= 11 is 7.70. The first-order valence-corrected chi connectivity index (χ1v) is 10.5. The summed E-state index contributed by atoms with van der Waals surface area (Å²) in [6.07, 6.45) is 2.00. The van der Waals surface area contributed by atoms with Crippen LogP contribution in [0.5, 0.6) is 0 Å². The van der Waals surface area contributed by atoms with Gasteiger partial charge < -0.3 is 4.90 Å². The van der Waals surface area contributed by atoms with E-state index in [1.807, 2.05) is 64.4 Å². The van der Waals surface area contributed by atoms with Gasteiger partial charge in [0.05, 0.1) is 17.0 Å². The highest BCUT2D eigenvalue weighted by Crippen LogP contribution is 2.46. The summed E-state index contributed by atoms with van der Waals surface area (Å²) in [4.78, 5) is 28.8. The first kappa shape index (κ1) is 18.4. The minimum absolute atomic E-state index is 0.131. The summed E-state index contributed by atoms with van der Waals surface area (Å²) in [5.41, 5.74) is 1.93. The van der Waals surface area contributed by atoms with Crippen LogP contribution in [0, 0.1) is 0 Å². The Hall–Kier alpha value is -1.98. The molecule has 4 rings (SSSR count). The maximum absolute atomic E-state index is 12.6. The van der Waals surface area contributed by atoms with Crippen LogP contribution >= 0.6 is 23.4 Å². The smallest absolute Gasteiger partial charge is 0.238 e. The van der Waals surface area contributed by atoms with Gasteiger partial charge in [0.2, 0.25) is 11.8 Å². The molecule has 2 amide bonds. The van der Waals surface area contributed by atoms with Gasteiger partial charge in [-0.3, -0.25) is 14.5 Å². The van der Waals surface area contributed by atoms with Crippen molar-refractivity contribution in [2.45, 2.75) is 24.1 Å². The molecule has 2 saturated heterocycles. The van der Waals surface area contributed by atoms with Crippen LogP contribution < -0.4 is 4.90 Å². The number of likely N-dealkylation sites (tertiary alicyclic amines) is 1. The molecule has 4 nitrogen and oxygen atoms in total. The van der Waals surface area contributed by atoms with Gasteiger partial charge in [-0.25, -0.2) is 0 Å². The largest absolute Gasteiger partial charge is 0.342 e. The van der Waals surface area contributed by atoms with Crippen LogP contribution in [-0.4, -0.2) is 40.4 Å². The molecular formula is C21H21ClN2O2S. The third-order valence-electron chi connectivity index (χ3n) is 5.30. The fourth-order valence-corrected chi connectivity index (χ4v) is 5.33. The normalized spacial score (nSPS) is 18.9. The number of nitrogens with zero attached hydrogens (tertiary/aromatic N) is 2. The molecule has 2 aromatic rings. The van der Waals surface area contributed by atoms with E-state index in [-0.39, 0.29) is 16.7 Å². The van der Waals surface area contributed by atoms with Crippen LogP contribution in [0.15, 0.2) is 54.6 Å². The Labute approximate surface area is 168 Å². The highest BCUT2D eigenvalue weighted by atomic mass is 35.5. The number of carbonyl (C=O) groups excluding carboxylic acids is 2. The van der Waals surface area contributed by atoms with Crippen molar-refractivity contribution in [2.24, 2.45) is 0 Å². The fourth-order valence-electron chi connectivity index (χ4n) is 3.88. The zero-order valence-electron chi connectivity index (χ0n) is 14.9. The lowest BCUT2D eigenvalue weighted by Gasteiger charge is -2.44. The number of thioether (sulfide) groups is 1. The molecule has 0 aliphatic carbocycles. The number of rotatable bonds is 3. The van der Waals surface area contributed by atoms with Gasteiger partial charge in [-0.2, -0.15) is 0 Å². The van der Waals surface area contributed by atoms with Crippen molar-refractivity contribution >= 4 is 40.9 Å². The summed E-state index contributed by atoms with van der Waals surface area (Å²) in [5, 5.41) is 0.661. The van der Waals surface area contributed by atoms with E-state index >= 15 is 0 Å². The molecule has 0 saturated carbocycles. The van der Waals surface area contributed by atoms with Crippen LogP contribution in [0.3, 0.4) is 0 Å². The Kier molecular flexibility index (Phi) is 5.15. The highest BCUT2D eigenvalue weighted by Gasteiger charge is 2.49. The molecule has 0 aromatic heterocycles. The topological polar surface area (TPSA) is 40.6 Å². The van der Waals surface area contributed by atoms with E-state index in [2.05, 4.69) is 0 Å². The van der Waals surface area contributed by atoms with Gasteiger partial charge in [0, 0.05) is 23.8 Å². The van der Waals surface area contributed by atoms with Crippen LogP contribution in [0.25, 0.3) is 0 Å². The Morgan fingerprint density at radius 2 is 1.70 bits per heavy atom. The molecule has 1 spiro atoms. The number of amides is 2. The average Bonchev–Trinajstić information content (AvgIpc) is 3.00. The Balaban J connectivity index is 1.46. The van der Waals surface area contributed by atoms with E-state index in [0.717, 1.165) is 24.1 Å². The zero-order valence-corrected chi connectivity index (χ0v) is 16.5. The maximum atomic E-state index is 12.6. The fraction of sp³-hybridized carbons (Fsp3) is 0.333. The monoisotopic (exact) mass is 400 g/mol. The van der Waals surface area contributed by atoms with Crippen molar-refractivity contribution in [3.63, 3.8) is 0 Å². The quantitative estimate of drug-likeness (QED) is 0.782. The minimum Gasteiger partial charge on any atom is -0.342 e. The molecule has 0 bridgehead atoms. The third kappa shape index (κ3) is 3.71. The third-order valence-corrected chi connectivity index (χ3v) is 7.07. The Bertz CT molecular complexity index is 833. The SMILES string of the molecule is O=C(Cc1ccccc1)N1CCC2(CC1)SCC(=O)N2c1ccc(Cl)cc1. The lowest BCUT2D eigenvalue weighted by molar-refractivity contribution is -0.131. The van der Waals surface area contributed by atoms with Gasteiger partial charge in [0.25, 0.3) is 0 Å². The van der Waals surface area contributed by atoms with Crippen molar-refractivity contribution in [3.05, 3.63) is 65.2 Å². The number of halogens is 1. The van der Waals surface area contributed by atoms with E-state index in [4.69, 9.17) is 11.6 Å². The van der Waals surface area contributed by atoms with E-state index in [1.54, 1.807) is 11.8 Å². The predicted octanol–water partition coefficient (Wildman–Crippen LogP) is 3.98. The van der Waals surface area contributed by atoms with E-state index in [1.165, 1.54) is 0 Å². The van der Waals surface area contributed by atoms with E-state index < -0.39 is 0 Å². The van der Waals surface area contributed by atoms with Crippen molar-refractivity contribution in [1.82, 2.24) is 4.90 Å². The second-order valence-electron chi connectivity index (χ2n) is 6.98. The molecular weight excluding hydrogens is 380 g/mol. The number of anilines is 1. The second kappa shape index (κ2) is 7.56. The molecule has 2 aliphatic heterocycles. The molecule has 6 heteroatoms. The molecule has 2 heterocycles. The molecule has 2 aliphatic rings. The molecule has 2 fully saturated rings. The lowest BCUT2D eigenvalue weighted by Crippen LogP contribution is -2.53. The summed E-state index contributed by atoms with van der Waals surface area (Å²) in [6, 6.07) is 17.3. The predicted molar refractivity (Wildman–Crippen MR) is 110 cm³/mol. The number of piperidine rings is 1. The van der Waals surface area contributed by atoms with Crippen LogP contribution in [0.2, 0.25) is 5.02 Å². The van der Waals surface area contributed by atoms with Gasteiger partial charge in [-0.05, 0) is 42.7 Å². The number of carbonyl (C=O) groups is 2. The second-order valence-corrected chi connectivity index (χ2v) is 8.76. The zero-order chi connectivity index (χ0) is 18.9. The van der Waals surface area contributed by atoms with E-state index in [0.29, 0.717) is 30.3 Å². The molecule has 0 N–H and O–H groups in total. The van der Waals surface area contributed by atoms with E-state index in [9.17, 15) is 9.59 Å².